The summed E-state index contributed by atoms with van der Waals surface area (Å²) in [6.45, 7) is 1.35. The SMILES string of the molecule is C/C(N)=C(\C#N)C(=O)C(N)=O. The number of nitriles is 1. The zero-order chi connectivity index (χ0) is 9.02. The summed E-state index contributed by atoms with van der Waals surface area (Å²) in [6, 6.07) is 1.49. The van der Waals surface area contributed by atoms with E-state index in [1.54, 1.807) is 0 Å². The van der Waals surface area contributed by atoms with Gasteiger partial charge < -0.3 is 11.5 Å². The van der Waals surface area contributed by atoms with Gasteiger partial charge in [0, 0.05) is 5.70 Å². The van der Waals surface area contributed by atoms with Crippen LogP contribution in [0, 0.1) is 11.3 Å². The summed E-state index contributed by atoms with van der Waals surface area (Å²) in [6.07, 6.45) is 0. The Bertz CT molecular complexity index is 268. The van der Waals surface area contributed by atoms with Crippen LogP contribution in [0.4, 0.5) is 0 Å². The van der Waals surface area contributed by atoms with E-state index in [0.717, 1.165) is 0 Å². The Balaban J connectivity index is 4.88. The van der Waals surface area contributed by atoms with E-state index in [4.69, 9.17) is 11.0 Å². The molecule has 0 atom stereocenters. The van der Waals surface area contributed by atoms with Crippen LogP contribution in [-0.4, -0.2) is 11.7 Å². The summed E-state index contributed by atoms with van der Waals surface area (Å²) in [5.74, 6) is -2.22. The highest BCUT2D eigenvalue weighted by atomic mass is 16.2. The molecule has 4 N–H and O–H groups in total. The number of hydrogen-bond donors (Lipinski definition) is 2. The van der Waals surface area contributed by atoms with Crippen LogP contribution < -0.4 is 11.5 Å². The van der Waals surface area contributed by atoms with E-state index in [1.807, 2.05) is 0 Å². The van der Waals surface area contributed by atoms with Gasteiger partial charge >= 0.3 is 0 Å². The number of rotatable bonds is 2. The van der Waals surface area contributed by atoms with E-state index < -0.39 is 17.3 Å². The maximum Gasteiger partial charge on any atom is 0.290 e. The van der Waals surface area contributed by atoms with E-state index in [1.165, 1.54) is 13.0 Å². The third kappa shape index (κ3) is 2.10. The second-order valence-electron chi connectivity index (χ2n) is 1.86. The molecule has 0 saturated heterocycles. The second-order valence-corrected chi connectivity index (χ2v) is 1.86. The zero-order valence-electron chi connectivity index (χ0n) is 5.92. The van der Waals surface area contributed by atoms with Crippen LogP contribution in [0.15, 0.2) is 11.3 Å². The zero-order valence-corrected chi connectivity index (χ0v) is 5.92. The molecule has 0 aromatic heterocycles. The number of primary amides is 1. The van der Waals surface area contributed by atoms with Crippen molar-refractivity contribution in [3.8, 4) is 6.07 Å². The monoisotopic (exact) mass is 153 g/mol. The Morgan fingerprint density at radius 1 is 1.36 bits per heavy atom. The molecular weight excluding hydrogens is 146 g/mol. The first-order valence-corrected chi connectivity index (χ1v) is 2.71. The van der Waals surface area contributed by atoms with E-state index in [-0.39, 0.29) is 5.70 Å². The average molecular weight is 153 g/mol. The van der Waals surface area contributed by atoms with Gasteiger partial charge in [-0.1, -0.05) is 0 Å². The Hall–Kier alpha value is -1.83. The number of allylic oxidation sites excluding steroid dienone is 1. The number of carbonyl (C=O) groups excluding carboxylic acids is 2. The lowest BCUT2D eigenvalue weighted by Gasteiger charge is -1.94. The minimum Gasteiger partial charge on any atom is -0.401 e. The van der Waals surface area contributed by atoms with Crippen LogP contribution in [0.1, 0.15) is 6.92 Å². The Morgan fingerprint density at radius 2 is 1.82 bits per heavy atom. The first kappa shape index (κ1) is 9.17. The van der Waals surface area contributed by atoms with Crippen molar-refractivity contribution in [2.45, 2.75) is 6.92 Å². The summed E-state index contributed by atoms with van der Waals surface area (Å²) in [5.41, 5.74) is 9.34. The van der Waals surface area contributed by atoms with Crippen LogP contribution >= 0.6 is 0 Å². The molecule has 0 saturated carbocycles. The average Bonchev–Trinajstić information content (AvgIpc) is 1.88. The third-order valence-electron chi connectivity index (χ3n) is 0.957. The lowest BCUT2D eigenvalue weighted by atomic mass is 10.1. The number of carbonyl (C=O) groups is 2. The van der Waals surface area contributed by atoms with Gasteiger partial charge in [-0.25, -0.2) is 0 Å². The van der Waals surface area contributed by atoms with E-state index in [2.05, 4.69) is 5.73 Å². The van der Waals surface area contributed by atoms with Crippen molar-refractivity contribution in [2.75, 3.05) is 0 Å². The van der Waals surface area contributed by atoms with Crippen molar-refractivity contribution in [3.63, 3.8) is 0 Å². The van der Waals surface area contributed by atoms with Gasteiger partial charge in [0.15, 0.2) is 0 Å². The molecule has 58 valence electrons. The normalized spacial score (nSPS) is 11.3. The number of Topliss-reactive ketones (excluding diaryl/α,β-unsaturated/α-hetero) is 1. The van der Waals surface area contributed by atoms with Gasteiger partial charge in [-0.15, -0.1) is 0 Å². The van der Waals surface area contributed by atoms with Crippen molar-refractivity contribution < 1.29 is 9.59 Å². The minimum atomic E-state index is -1.17. The molecule has 0 unspecified atom stereocenters. The van der Waals surface area contributed by atoms with Gasteiger partial charge in [0.25, 0.3) is 11.7 Å². The van der Waals surface area contributed by atoms with Crippen LogP contribution in [0.25, 0.3) is 0 Å². The van der Waals surface area contributed by atoms with E-state index in [0.29, 0.717) is 0 Å². The molecule has 0 aromatic carbocycles. The highest BCUT2D eigenvalue weighted by Gasteiger charge is 2.16. The number of hydrogen-bond acceptors (Lipinski definition) is 4. The summed E-state index contributed by atoms with van der Waals surface area (Å²) < 4.78 is 0. The fourth-order valence-electron chi connectivity index (χ4n) is 0.441. The van der Waals surface area contributed by atoms with Crippen molar-refractivity contribution in [1.29, 1.82) is 5.26 Å². The molecule has 5 nitrogen and oxygen atoms in total. The fourth-order valence-corrected chi connectivity index (χ4v) is 0.441. The summed E-state index contributed by atoms with van der Waals surface area (Å²) >= 11 is 0. The number of nitrogens with two attached hydrogens (primary N) is 2. The maximum absolute atomic E-state index is 10.7. The largest absolute Gasteiger partial charge is 0.401 e. The van der Waals surface area contributed by atoms with Crippen LogP contribution in [-0.2, 0) is 9.59 Å². The number of nitrogens with zero attached hydrogens (tertiary/aromatic N) is 1. The topological polar surface area (TPSA) is 110 Å². The molecule has 5 heteroatoms. The van der Waals surface area contributed by atoms with E-state index in [9.17, 15) is 9.59 Å². The van der Waals surface area contributed by atoms with Crippen molar-refractivity contribution in [1.82, 2.24) is 0 Å². The smallest absolute Gasteiger partial charge is 0.290 e. The maximum atomic E-state index is 10.7. The van der Waals surface area contributed by atoms with Gasteiger partial charge in [0.2, 0.25) is 0 Å². The second kappa shape index (κ2) is 3.37. The Morgan fingerprint density at radius 3 is 1.91 bits per heavy atom. The van der Waals surface area contributed by atoms with Crippen molar-refractivity contribution in [2.24, 2.45) is 11.5 Å². The Labute approximate surface area is 63.3 Å². The minimum absolute atomic E-state index is 0.00343. The number of amides is 1. The molecule has 0 spiro atoms. The Kier molecular flexibility index (Phi) is 2.81. The van der Waals surface area contributed by atoms with Gasteiger partial charge in [-0.05, 0) is 6.92 Å². The molecule has 0 radical (unpaired) electrons. The standard InChI is InChI=1S/C6H7N3O2/c1-3(8)4(2-7)5(10)6(9)11/h8H2,1H3,(H2,9,11)/b4-3-. The summed E-state index contributed by atoms with van der Waals surface area (Å²) in [4.78, 5) is 20.9. The van der Waals surface area contributed by atoms with E-state index >= 15 is 0 Å². The lowest BCUT2D eigenvalue weighted by molar-refractivity contribution is -0.133. The summed E-state index contributed by atoms with van der Waals surface area (Å²) in [5, 5.41) is 8.30. The molecule has 0 aromatic rings. The molecule has 1 amide bonds. The van der Waals surface area contributed by atoms with Crippen molar-refractivity contribution >= 4 is 11.7 Å². The highest BCUT2D eigenvalue weighted by Crippen LogP contribution is 1.97. The van der Waals surface area contributed by atoms with Gasteiger partial charge in [0.1, 0.15) is 11.6 Å². The molecule has 0 fully saturated rings. The highest BCUT2D eigenvalue weighted by molar-refractivity contribution is 6.43. The van der Waals surface area contributed by atoms with Gasteiger partial charge in [-0.2, -0.15) is 5.26 Å². The lowest BCUT2D eigenvalue weighted by Crippen LogP contribution is -2.25. The van der Waals surface area contributed by atoms with Crippen LogP contribution in [0.3, 0.4) is 0 Å². The predicted molar refractivity (Wildman–Crippen MR) is 36.7 cm³/mol. The quantitative estimate of drug-likeness (QED) is 0.295. The first-order chi connectivity index (χ1) is 5.00. The molecule has 0 aliphatic carbocycles. The first-order valence-electron chi connectivity index (χ1n) is 2.71. The molecule has 0 bridgehead atoms. The molecule has 11 heavy (non-hydrogen) atoms. The third-order valence-corrected chi connectivity index (χ3v) is 0.957. The van der Waals surface area contributed by atoms with Gasteiger partial charge in [-0.3, -0.25) is 9.59 Å². The molecule has 0 aliphatic rings. The van der Waals surface area contributed by atoms with Crippen LogP contribution in [0.2, 0.25) is 0 Å². The molecular formula is C6H7N3O2. The predicted octanol–water partition coefficient (Wildman–Crippen LogP) is -1.20. The molecule has 0 rings (SSSR count). The fraction of sp³-hybridized carbons (Fsp3) is 0.167. The van der Waals surface area contributed by atoms with Crippen LogP contribution in [0.5, 0.6) is 0 Å². The molecule has 0 aliphatic heterocycles. The van der Waals surface area contributed by atoms with Crippen molar-refractivity contribution in [3.05, 3.63) is 11.3 Å². The summed E-state index contributed by atoms with van der Waals surface area (Å²) in [7, 11) is 0. The van der Waals surface area contributed by atoms with Gasteiger partial charge in [0.05, 0.1) is 0 Å². The number of ketones is 1. The molecule has 0 heterocycles.